The van der Waals surface area contributed by atoms with Crippen LogP contribution in [0.5, 0.6) is 0 Å². The summed E-state index contributed by atoms with van der Waals surface area (Å²) in [5, 5.41) is 16.6. The Morgan fingerprint density at radius 2 is 2.12 bits per heavy atom. The fraction of sp³-hybridized carbons (Fsp3) is 0.600. The monoisotopic (exact) mass is 360 g/mol. The molecule has 2 heterocycles. The van der Waals surface area contributed by atoms with Gasteiger partial charge in [0, 0.05) is 38.2 Å². The molecular formula is C20H28N2O4. The molecule has 6 heteroatoms. The van der Waals surface area contributed by atoms with Crippen molar-refractivity contribution in [3.63, 3.8) is 0 Å². The molecule has 0 saturated carbocycles. The number of hydrogen-bond donors (Lipinski definition) is 2. The molecule has 1 aromatic carbocycles. The first kappa shape index (κ1) is 18.9. The smallest absolute Gasteiger partial charge is 0.226 e. The predicted molar refractivity (Wildman–Crippen MR) is 99.0 cm³/mol. The number of hydrogen-bond acceptors (Lipinski definition) is 5. The van der Waals surface area contributed by atoms with Crippen LogP contribution >= 0.6 is 0 Å². The van der Waals surface area contributed by atoms with Crippen LogP contribution < -0.4 is 5.32 Å². The Balaban J connectivity index is 1.67. The van der Waals surface area contributed by atoms with Gasteiger partial charge in [0.25, 0.3) is 0 Å². The van der Waals surface area contributed by atoms with E-state index in [0.29, 0.717) is 38.9 Å². The fourth-order valence-electron chi connectivity index (χ4n) is 3.74. The van der Waals surface area contributed by atoms with Gasteiger partial charge >= 0.3 is 0 Å². The second-order valence-electron chi connectivity index (χ2n) is 7.44. The van der Waals surface area contributed by atoms with Crippen molar-refractivity contribution in [1.29, 1.82) is 0 Å². The van der Waals surface area contributed by atoms with Crippen molar-refractivity contribution >= 4 is 11.6 Å². The summed E-state index contributed by atoms with van der Waals surface area (Å²) >= 11 is 0. The molecule has 1 amide bonds. The molecular weight excluding hydrogens is 332 g/mol. The van der Waals surface area contributed by atoms with Crippen molar-refractivity contribution in [2.75, 3.05) is 19.8 Å². The Bertz CT molecular complexity index is 666. The number of carbonyl (C=O) groups is 1. The first-order chi connectivity index (χ1) is 12.5. The van der Waals surface area contributed by atoms with E-state index in [2.05, 4.69) is 29.5 Å². The Morgan fingerprint density at radius 3 is 2.81 bits per heavy atom. The number of rotatable bonds is 6. The summed E-state index contributed by atoms with van der Waals surface area (Å²) in [6, 6.07) is 8.13. The summed E-state index contributed by atoms with van der Waals surface area (Å²) < 4.78 is 5.47. The predicted octanol–water partition coefficient (Wildman–Crippen LogP) is 2.17. The number of nitrogens with one attached hydrogen (secondary N) is 1. The fourth-order valence-corrected chi connectivity index (χ4v) is 3.74. The molecule has 0 unspecified atom stereocenters. The number of nitrogens with zero attached hydrogens (tertiary/aromatic N) is 1. The summed E-state index contributed by atoms with van der Waals surface area (Å²) in [5.41, 5.74) is 2.70. The van der Waals surface area contributed by atoms with Crippen LogP contribution in [0.1, 0.15) is 43.7 Å². The standard InChI is InChI=1S/C20H28N2O4/c1-14-5-3-4-6-17(14)18-11-16(26-22-18)12-20(7-9-25-10-8-20)19(24)21-13-15(2)23/h3-6,15-16,23H,7-13H2,1-2H3,(H,21,24)/t15-,16+/m0/s1. The second kappa shape index (κ2) is 8.18. The SMILES string of the molecule is Cc1ccccc1C1=NO[C@@H](CC2(C(=O)NC[C@H](C)O)CCOCC2)C1. The maximum atomic E-state index is 12.8. The number of aryl methyl sites for hydroxylation is 1. The van der Waals surface area contributed by atoms with Gasteiger partial charge in [0.1, 0.15) is 6.10 Å². The van der Waals surface area contributed by atoms with E-state index >= 15 is 0 Å². The third-order valence-corrected chi connectivity index (χ3v) is 5.30. The van der Waals surface area contributed by atoms with Crippen LogP contribution in [0.4, 0.5) is 0 Å². The number of aliphatic hydroxyl groups excluding tert-OH is 1. The highest BCUT2D eigenvalue weighted by Crippen LogP contribution is 2.38. The average molecular weight is 360 g/mol. The third kappa shape index (κ3) is 4.24. The van der Waals surface area contributed by atoms with Crippen LogP contribution in [-0.4, -0.2) is 48.7 Å². The summed E-state index contributed by atoms with van der Waals surface area (Å²) in [5.74, 6) is -0.0189. The van der Waals surface area contributed by atoms with Gasteiger partial charge in [-0.3, -0.25) is 4.79 Å². The molecule has 2 aliphatic heterocycles. The van der Waals surface area contributed by atoms with Crippen molar-refractivity contribution < 1.29 is 19.5 Å². The lowest BCUT2D eigenvalue weighted by Gasteiger charge is -2.37. The topological polar surface area (TPSA) is 80.2 Å². The minimum atomic E-state index is -0.561. The minimum absolute atomic E-state index is 0.0189. The van der Waals surface area contributed by atoms with Gasteiger partial charge < -0.3 is 20.0 Å². The largest absolute Gasteiger partial charge is 0.392 e. The molecule has 0 spiro atoms. The highest BCUT2D eigenvalue weighted by Gasteiger charge is 2.43. The van der Waals surface area contributed by atoms with Crippen molar-refractivity contribution in [3.8, 4) is 0 Å². The highest BCUT2D eigenvalue weighted by molar-refractivity contribution is 6.02. The zero-order chi connectivity index (χ0) is 18.6. The van der Waals surface area contributed by atoms with Crippen LogP contribution in [0.25, 0.3) is 0 Å². The highest BCUT2D eigenvalue weighted by atomic mass is 16.6. The van der Waals surface area contributed by atoms with Crippen LogP contribution in [0.2, 0.25) is 0 Å². The Morgan fingerprint density at radius 1 is 1.38 bits per heavy atom. The molecule has 6 nitrogen and oxygen atoms in total. The number of carbonyl (C=O) groups excluding carboxylic acids is 1. The summed E-state index contributed by atoms with van der Waals surface area (Å²) in [7, 11) is 0. The zero-order valence-corrected chi connectivity index (χ0v) is 15.5. The lowest BCUT2D eigenvalue weighted by atomic mass is 9.74. The summed E-state index contributed by atoms with van der Waals surface area (Å²) in [6.07, 6.45) is 1.98. The third-order valence-electron chi connectivity index (χ3n) is 5.30. The molecule has 0 aliphatic carbocycles. The van der Waals surface area contributed by atoms with Gasteiger partial charge in [-0.05, 0) is 32.3 Å². The van der Waals surface area contributed by atoms with Gasteiger partial charge in [0.05, 0.1) is 17.2 Å². The molecule has 1 fully saturated rings. The van der Waals surface area contributed by atoms with Gasteiger partial charge in [-0.1, -0.05) is 29.4 Å². The van der Waals surface area contributed by atoms with E-state index in [1.54, 1.807) is 6.92 Å². The van der Waals surface area contributed by atoms with Crippen molar-refractivity contribution in [2.24, 2.45) is 10.6 Å². The summed E-state index contributed by atoms with van der Waals surface area (Å²) in [6.45, 7) is 5.13. The van der Waals surface area contributed by atoms with E-state index in [9.17, 15) is 9.90 Å². The molecule has 2 aliphatic rings. The van der Waals surface area contributed by atoms with E-state index in [1.807, 2.05) is 12.1 Å². The number of amides is 1. The Labute approximate surface area is 154 Å². The van der Waals surface area contributed by atoms with Crippen LogP contribution in [0, 0.1) is 12.3 Å². The van der Waals surface area contributed by atoms with Gasteiger partial charge in [0.15, 0.2) is 0 Å². The molecule has 142 valence electrons. The number of aliphatic hydroxyl groups is 1. The molecule has 1 aromatic rings. The molecule has 0 bridgehead atoms. The van der Waals surface area contributed by atoms with E-state index in [-0.39, 0.29) is 18.6 Å². The van der Waals surface area contributed by atoms with Gasteiger partial charge in [-0.2, -0.15) is 0 Å². The van der Waals surface area contributed by atoms with Crippen LogP contribution in [-0.2, 0) is 14.4 Å². The van der Waals surface area contributed by atoms with Crippen molar-refractivity contribution in [1.82, 2.24) is 5.32 Å². The number of benzene rings is 1. The first-order valence-corrected chi connectivity index (χ1v) is 9.33. The normalized spacial score (nSPS) is 23.0. The summed E-state index contributed by atoms with van der Waals surface area (Å²) in [4.78, 5) is 18.5. The van der Waals surface area contributed by atoms with E-state index in [0.717, 1.165) is 11.3 Å². The quantitative estimate of drug-likeness (QED) is 0.815. The van der Waals surface area contributed by atoms with E-state index < -0.39 is 11.5 Å². The first-order valence-electron chi connectivity index (χ1n) is 9.33. The number of ether oxygens (including phenoxy) is 1. The van der Waals surface area contributed by atoms with Gasteiger partial charge in [-0.15, -0.1) is 0 Å². The lowest BCUT2D eigenvalue weighted by Crippen LogP contribution is -2.48. The zero-order valence-electron chi connectivity index (χ0n) is 15.5. The second-order valence-corrected chi connectivity index (χ2v) is 7.44. The van der Waals surface area contributed by atoms with Crippen LogP contribution in [0.15, 0.2) is 29.4 Å². The van der Waals surface area contributed by atoms with Crippen molar-refractivity contribution in [3.05, 3.63) is 35.4 Å². The molecule has 26 heavy (non-hydrogen) atoms. The maximum absolute atomic E-state index is 12.8. The molecule has 0 radical (unpaired) electrons. The molecule has 1 saturated heterocycles. The molecule has 3 rings (SSSR count). The van der Waals surface area contributed by atoms with Crippen LogP contribution in [0.3, 0.4) is 0 Å². The van der Waals surface area contributed by atoms with E-state index in [1.165, 1.54) is 5.56 Å². The maximum Gasteiger partial charge on any atom is 0.226 e. The molecule has 0 aromatic heterocycles. The molecule has 2 atom stereocenters. The minimum Gasteiger partial charge on any atom is -0.392 e. The van der Waals surface area contributed by atoms with E-state index in [4.69, 9.17) is 9.57 Å². The Kier molecular flexibility index (Phi) is 5.94. The van der Waals surface area contributed by atoms with Gasteiger partial charge in [-0.25, -0.2) is 0 Å². The van der Waals surface area contributed by atoms with Gasteiger partial charge in [0.2, 0.25) is 5.91 Å². The Hall–Kier alpha value is -1.92. The molecule has 2 N–H and O–H groups in total. The average Bonchev–Trinajstić information content (AvgIpc) is 3.08. The van der Waals surface area contributed by atoms with Crippen molar-refractivity contribution in [2.45, 2.75) is 51.7 Å². The lowest BCUT2D eigenvalue weighted by molar-refractivity contribution is -0.140. The number of oxime groups is 1.